The Kier molecular flexibility index (Phi) is 5.58. The van der Waals surface area contributed by atoms with Crippen molar-refractivity contribution < 1.29 is 14.2 Å². The molecule has 2 aromatic heterocycles. The zero-order chi connectivity index (χ0) is 21.0. The molecular formula is C24H26N4O3. The highest BCUT2D eigenvalue weighted by atomic mass is 16.5. The maximum Gasteiger partial charge on any atom is 0.230 e. The van der Waals surface area contributed by atoms with E-state index in [-0.39, 0.29) is 0 Å². The van der Waals surface area contributed by atoms with Crippen LogP contribution in [-0.4, -0.2) is 53.2 Å². The van der Waals surface area contributed by atoms with E-state index in [2.05, 4.69) is 19.9 Å². The van der Waals surface area contributed by atoms with Crippen molar-refractivity contribution in [1.29, 1.82) is 0 Å². The van der Waals surface area contributed by atoms with E-state index in [1.54, 1.807) is 7.11 Å². The van der Waals surface area contributed by atoms with E-state index in [1.807, 2.05) is 42.6 Å². The second-order valence-electron chi connectivity index (χ2n) is 7.78. The molecular weight excluding hydrogens is 392 g/mol. The largest absolute Gasteiger partial charge is 0.493 e. The van der Waals surface area contributed by atoms with E-state index in [4.69, 9.17) is 14.2 Å². The lowest BCUT2D eigenvalue weighted by atomic mass is 10.2. The molecule has 0 saturated carbocycles. The van der Waals surface area contributed by atoms with E-state index in [9.17, 15) is 0 Å². The number of benzene rings is 2. The minimum Gasteiger partial charge on any atom is -0.493 e. The molecule has 0 aliphatic carbocycles. The van der Waals surface area contributed by atoms with Gasteiger partial charge in [-0.25, -0.2) is 9.97 Å². The third-order valence-electron chi connectivity index (χ3n) is 5.70. The summed E-state index contributed by atoms with van der Waals surface area (Å²) >= 11 is 0. The van der Waals surface area contributed by atoms with E-state index >= 15 is 0 Å². The van der Waals surface area contributed by atoms with Crippen molar-refractivity contribution in [3.8, 4) is 23.1 Å². The van der Waals surface area contributed by atoms with Crippen molar-refractivity contribution in [3.05, 3.63) is 48.9 Å². The number of rotatable bonds is 8. The fourth-order valence-electron chi connectivity index (χ4n) is 4.08. The highest BCUT2D eigenvalue weighted by Gasteiger charge is 2.14. The third-order valence-corrected chi connectivity index (χ3v) is 5.70. The first-order chi connectivity index (χ1) is 15.3. The number of fused-ring (bicyclic) bond motifs is 2. The van der Waals surface area contributed by atoms with Gasteiger partial charge in [-0.05, 0) is 62.7 Å². The van der Waals surface area contributed by atoms with Gasteiger partial charge in [0.15, 0.2) is 11.5 Å². The number of methoxy groups -OCH3 is 1. The average Bonchev–Trinajstić information content (AvgIpc) is 3.48. The molecule has 0 amide bonds. The first-order valence-corrected chi connectivity index (χ1v) is 10.7. The fourth-order valence-corrected chi connectivity index (χ4v) is 4.08. The Morgan fingerprint density at radius 3 is 2.81 bits per heavy atom. The summed E-state index contributed by atoms with van der Waals surface area (Å²) in [6.45, 7) is 4.12. The molecule has 31 heavy (non-hydrogen) atoms. The van der Waals surface area contributed by atoms with Gasteiger partial charge in [-0.15, -0.1) is 0 Å². The number of nitrogens with zero attached hydrogens (tertiary/aromatic N) is 3. The second-order valence-corrected chi connectivity index (χ2v) is 7.78. The molecule has 0 unspecified atom stereocenters. The Balaban J connectivity index is 1.35. The van der Waals surface area contributed by atoms with Gasteiger partial charge in [0.2, 0.25) is 5.88 Å². The van der Waals surface area contributed by atoms with Gasteiger partial charge >= 0.3 is 0 Å². The van der Waals surface area contributed by atoms with Crippen LogP contribution in [0, 0.1) is 0 Å². The topological polar surface area (TPSA) is 72.5 Å². The molecule has 7 heteroatoms. The van der Waals surface area contributed by atoms with Gasteiger partial charge in [0.05, 0.1) is 24.6 Å². The molecule has 4 aromatic rings. The number of likely N-dealkylation sites (tertiary alicyclic amines) is 1. The number of hydrogen-bond acceptors (Lipinski definition) is 6. The standard InChI is InChI=1S/C24H26N4O3/c1-29-22-14-19-21(15-23(22)30-12-4-11-28-9-2-3-10-28)26-16-27-24(19)31-18-5-6-20-17(13-18)7-8-25-20/h5-8,13-16,25H,2-4,9-12H2,1H3. The molecule has 1 N–H and O–H groups in total. The van der Waals surface area contributed by atoms with Gasteiger partial charge < -0.3 is 24.1 Å². The molecule has 0 radical (unpaired) electrons. The lowest BCUT2D eigenvalue weighted by molar-refractivity contribution is 0.254. The van der Waals surface area contributed by atoms with Crippen LogP contribution in [-0.2, 0) is 0 Å². The fraction of sp³-hybridized carbons (Fsp3) is 0.333. The minimum absolute atomic E-state index is 0.485. The Morgan fingerprint density at radius 2 is 1.94 bits per heavy atom. The Hall–Kier alpha value is -3.32. The Morgan fingerprint density at radius 1 is 1.03 bits per heavy atom. The number of aromatic amines is 1. The highest BCUT2D eigenvalue weighted by molar-refractivity contribution is 5.87. The van der Waals surface area contributed by atoms with E-state index in [0.29, 0.717) is 29.7 Å². The van der Waals surface area contributed by atoms with Gasteiger partial charge in [-0.1, -0.05) is 0 Å². The molecule has 1 saturated heterocycles. The van der Waals surface area contributed by atoms with Gasteiger partial charge in [0.25, 0.3) is 0 Å². The van der Waals surface area contributed by atoms with E-state index < -0.39 is 0 Å². The van der Waals surface area contributed by atoms with Crippen LogP contribution in [0.1, 0.15) is 19.3 Å². The zero-order valence-electron chi connectivity index (χ0n) is 17.6. The van der Waals surface area contributed by atoms with Crippen molar-refractivity contribution in [3.63, 3.8) is 0 Å². The average molecular weight is 418 g/mol. The first kappa shape index (κ1) is 19.6. The summed E-state index contributed by atoms with van der Waals surface area (Å²) in [5, 5.41) is 1.86. The van der Waals surface area contributed by atoms with Gasteiger partial charge in [-0.2, -0.15) is 0 Å². The van der Waals surface area contributed by atoms with E-state index in [1.165, 1.54) is 32.3 Å². The summed E-state index contributed by atoms with van der Waals surface area (Å²) in [6.07, 6.45) is 7.02. The van der Waals surface area contributed by atoms with Crippen LogP contribution in [0.25, 0.3) is 21.8 Å². The number of H-pyrrole nitrogens is 1. The summed E-state index contributed by atoms with van der Waals surface area (Å²) in [5.74, 6) is 2.54. The predicted molar refractivity (Wildman–Crippen MR) is 120 cm³/mol. The smallest absolute Gasteiger partial charge is 0.230 e. The van der Waals surface area contributed by atoms with E-state index in [0.717, 1.165) is 34.8 Å². The van der Waals surface area contributed by atoms with Crippen LogP contribution >= 0.6 is 0 Å². The summed E-state index contributed by atoms with van der Waals surface area (Å²) in [5.41, 5.74) is 1.82. The van der Waals surface area contributed by atoms with Crippen molar-refractivity contribution in [2.24, 2.45) is 0 Å². The molecule has 5 rings (SSSR count). The van der Waals surface area contributed by atoms with Crippen LogP contribution in [0.4, 0.5) is 0 Å². The van der Waals surface area contributed by atoms with Crippen LogP contribution in [0.3, 0.4) is 0 Å². The Labute approximate surface area is 181 Å². The van der Waals surface area contributed by atoms with Crippen LogP contribution < -0.4 is 14.2 Å². The summed E-state index contributed by atoms with van der Waals surface area (Å²) < 4.78 is 17.7. The molecule has 0 spiro atoms. The molecule has 0 bridgehead atoms. The van der Waals surface area contributed by atoms with Crippen molar-refractivity contribution in [1.82, 2.24) is 19.9 Å². The van der Waals surface area contributed by atoms with Crippen LogP contribution in [0.2, 0.25) is 0 Å². The molecule has 1 aliphatic heterocycles. The van der Waals surface area contributed by atoms with Crippen molar-refractivity contribution >= 4 is 21.8 Å². The first-order valence-electron chi connectivity index (χ1n) is 10.7. The Bertz CT molecular complexity index is 1180. The molecule has 7 nitrogen and oxygen atoms in total. The minimum atomic E-state index is 0.485. The SMILES string of the molecule is COc1cc2c(Oc3ccc4[nH]ccc4c3)ncnc2cc1OCCCN1CCCC1. The monoisotopic (exact) mass is 418 g/mol. The highest BCUT2D eigenvalue weighted by Crippen LogP contribution is 2.36. The normalized spacial score (nSPS) is 14.4. The number of aromatic nitrogens is 3. The summed E-state index contributed by atoms with van der Waals surface area (Å²) in [4.78, 5) is 14.4. The lowest BCUT2D eigenvalue weighted by Gasteiger charge is -2.16. The van der Waals surface area contributed by atoms with Crippen molar-refractivity contribution in [2.45, 2.75) is 19.3 Å². The van der Waals surface area contributed by atoms with Crippen LogP contribution in [0.15, 0.2) is 48.9 Å². The maximum atomic E-state index is 6.10. The molecule has 1 aliphatic rings. The predicted octanol–water partition coefficient (Wildman–Crippen LogP) is 4.78. The third kappa shape index (κ3) is 4.27. The summed E-state index contributed by atoms with van der Waals surface area (Å²) in [7, 11) is 1.64. The van der Waals surface area contributed by atoms with Gasteiger partial charge in [0, 0.05) is 29.7 Å². The van der Waals surface area contributed by atoms with Crippen molar-refractivity contribution in [2.75, 3.05) is 33.4 Å². The summed E-state index contributed by atoms with van der Waals surface area (Å²) in [6, 6.07) is 11.7. The number of ether oxygens (including phenoxy) is 3. The van der Waals surface area contributed by atoms with Gasteiger partial charge in [-0.3, -0.25) is 0 Å². The van der Waals surface area contributed by atoms with Crippen LogP contribution in [0.5, 0.6) is 23.1 Å². The van der Waals surface area contributed by atoms with Gasteiger partial charge in [0.1, 0.15) is 12.1 Å². The zero-order valence-corrected chi connectivity index (χ0v) is 17.6. The molecule has 1 fully saturated rings. The molecule has 3 heterocycles. The molecule has 2 aromatic carbocycles. The lowest BCUT2D eigenvalue weighted by Crippen LogP contribution is -2.21. The molecule has 0 atom stereocenters. The molecule has 160 valence electrons. The number of nitrogens with one attached hydrogen (secondary N) is 1. The quantitative estimate of drug-likeness (QED) is 0.415. The number of hydrogen-bond donors (Lipinski definition) is 1. The second kappa shape index (κ2) is 8.81. The maximum absolute atomic E-state index is 6.10.